The Morgan fingerprint density at radius 3 is 2.21 bits per heavy atom. The molecule has 1 aromatic heterocycles. The van der Waals surface area contributed by atoms with E-state index in [1.165, 1.54) is 11.1 Å². The SMILES string of the molecule is Cc1ccc(-c2csc(-c3ccc(CNC(=O)/C=C/c4ccc(C(C)(C)C)cc4)cc3)n2)cc1. The Hall–Kier alpha value is -3.50. The van der Waals surface area contributed by atoms with Crippen LogP contribution in [0.4, 0.5) is 0 Å². The standard InChI is InChI=1S/C30H30N2OS/c1-21-5-12-24(13-6-21)27-20-34-29(32-27)25-14-7-23(8-15-25)19-31-28(33)18-11-22-9-16-26(17-10-22)30(2,3)4/h5-18,20H,19H2,1-4H3,(H,31,33)/b18-11+. The van der Waals surface area contributed by atoms with Gasteiger partial charge in [0.2, 0.25) is 5.91 Å². The van der Waals surface area contributed by atoms with Gasteiger partial charge in [0.25, 0.3) is 0 Å². The van der Waals surface area contributed by atoms with Gasteiger partial charge in [-0.3, -0.25) is 4.79 Å². The molecule has 4 aromatic rings. The maximum Gasteiger partial charge on any atom is 0.244 e. The first-order valence-corrected chi connectivity index (χ1v) is 12.3. The van der Waals surface area contributed by atoms with Gasteiger partial charge in [-0.1, -0.05) is 99.1 Å². The van der Waals surface area contributed by atoms with Crippen LogP contribution in [0.5, 0.6) is 0 Å². The van der Waals surface area contributed by atoms with Crippen molar-refractivity contribution in [3.05, 3.63) is 107 Å². The highest BCUT2D eigenvalue weighted by Crippen LogP contribution is 2.29. The molecular weight excluding hydrogens is 436 g/mol. The number of hydrogen-bond acceptors (Lipinski definition) is 3. The van der Waals surface area contributed by atoms with Crippen LogP contribution in [-0.2, 0) is 16.8 Å². The van der Waals surface area contributed by atoms with Gasteiger partial charge in [0.15, 0.2) is 0 Å². The average Bonchev–Trinajstić information content (AvgIpc) is 3.32. The van der Waals surface area contributed by atoms with E-state index in [2.05, 4.69) is 86.9 Å². The van der Waals surface area contributed by atoms with Gasteiger partial charge in [0.05, 0.1) is 5.69 Å². The van der Waals surface area contributed by atoms with Crippen molar-refractivity contribution in [2.45, 2.75) is 39.7 Å². The summed E-state index contributed by atoms with van der Waals surface area (Å²) in [5, 5.41) is 6.04. The predicted octanol–water partition coefficient (Wildman–Crippen LogP) is 7.41. The number of aromatic nitrogens is 1. The van der Waals surface area contributed by atoms with Gasteiger partial charge in [-0.15, -0.1) is 11.3 Å². The van der Waals surface area contributed by atoms with Crippen molar-refractivity contribution < 1.29 is 4.79 Å². The highest BCUT2D eigenvalue weighted by atomic mass is 32.1. The molecule has 0 spiro atoms. The molecule has 1 N–H and O–H groups in total. The normalized spacial score (nSPS) is 11.6. The Bertz CT molecular complexity index is 1280. The molecule has 0 radical (unpaired) electrons. The second-order valence-corrected chi connectivity index (χ2v) is 10.4. The van der Waals surface area contributed by atoms with Crippen molar-refractivity contribution in [3.8, 4) is 21.8 Å². The van der Waals surface area contributed by atoms with Crippen LogP contribution in [0, 0.1) is 6.92 Å². The summed E-state index contributed by atoms with van der Waals surface area (Å²) >= 11 is 1.64. The lowest BCUT2D eigenvalue weighted by Crippen LogP contribution is -2.20. The largest absolute Gasteiger partial charge is 0.348 e. The lowest BCUT2D eigenvalue weighted by molar-refractivity contribution is -0.116. The fraction of sp³-hybridized carbons (Fsp3) is 0.200. The molecule has 0 saturated carbocycles. The van der Waals surface area contributed by atoms with E-state index in [1.54, 1.807) is 17.4 Å². The number of rotatable bonds is 6. The molecule has 0 aliphatic carbocycles. The number of aryl methyl sites for hydroxylation is 1. The van der Waals surface area contributed by atoms with E-state index in [0.717, 1.165) is 33.0 Å². The molecule has 0 bridgehead atoms. The zero-order valence-electron chi connectivity index (χ0n) is 20.1. The third-order valence-electron chi connectivity index (χ3n) is 5.72. The minimum absolute atomic E-state index is 0.105. The minimum atomic E-state index is -0.105. The van der Waals surface area contributed by atoms with Gasteiger partial charge in [0.1, 0.15) is 5.01 Å². The summed E-state index contributed by atoms with van der Waals surface area (Å²) in [4.78, 5) is 17.1. The van der Waals surface area contributed by atoms with E-state index in [0.29, 0.717) is 6.54 Å². The summed E-state index contributed by atoms with van der Waals surface area (Å²) in [5.41, 5.74) is 7.92. The maximum absolute atomic E-state index is 12.3. The van der Waals surface area contributed by atoms with E-state index >= 15 is 0 Å². The Kier molecular flexibility index (Phi) is 7.09. The summed E-state index contributed by atoms with van der Waals surface area (Å²) in [6.07, 6.45) is 3.43. The van der Waals surface area contributed by atoms with Gasteiger partial charge >= 0.3 is 0 Å². The van der Waals surface area contributed by atoms with Crippen molar-refractivity contribution in [1.82, 2.24) is 10.3 Å². The quantitative estimate of drug-likeness (QED) is 0.301. The number of nitrogens with zero attached hydrogens (tertiary/aromatic N) is 1. The number of hydrogen-bond donors (Lipinski definition) is 1. The molecule has 0 aliphatic rings. The van der Waals surface area contributed by atoms with Crippen LogP contribution in [-0.4, -0.2) is 10.9 Å². The molecule has 34 heavy (non-hydrogen) atoms. The predicted molar refractivity (Wildman–Crippen MR) is 144 cm³/mol. The lowest BCUT2D eigenvalue weighted by atomic mass is 9.87. The van der Waals surface area contributed by atoms with Gasteiger partial charge in [-0.25, -0.2) is 4.98 Å². The summed E-state index contributed by atoms with van der Waals surface area (Å²) in [7, 11) is 0. The van der Waals surface area contributed by atoms with Crippen LogP contribution in [0.25, 0.3) is 27.9 Å². The molecule has 1 amide bonds. The molecule has 0 unspecified atom stereocenters. The molecule has 3 aromatic carbocycles. The first-order valence-electron chi connectivity index (χ1n) is 11.5. The zero-order chi connectivity index (χ0) is 24.1. The highest BCUT2D eigenvalue weighted by Gasteiger charge is 2.12. The minimum Gasteiger partial charge on any atom is -0.348 e. The van der Waals surface area contributed by atoms with Gasteiger partial charge in [-0.05, 0) is 35.1 Å². The third kappa shape index (κ3) is 6.09. The number of benzene rings is 3. The molecule has 0 aliphatic heterocycles. The van der Waals surface area contributed by atoms with Crippen LogP contribution < -0.4 is 5.32 Å². The lowest BCUT2D eigenvalue weighted by Gasteiger charge is -2.18. The van der Waals surface area contributed by atoms with Crippen molar-refractivity contribution >= 4 is 23.3 Å². The molecule has 0 saturated heterocycles. The van der Waals surface area contributed by atoms with Crippen molar-refractivity contribution in [2.75, 3.05) is 0 Å². The molecule has 0 fully saturated rings. The van der Waals surface area contributed by atoms with Crippen LogP contribution in [0.3, 0.4) is 0 Å². The number of carbonyl (C=O) groups is 1. The number of carbonyl (C=O) groups excluding carboxylic acids is 1. The zero-order valence-corrected chi connectivity index (χ0v) is 20.9. The van der Waals surface area contributed by atoms with Gasteiger partial charge < -0.3 is 5.32 Å². The fourth-order valence-corrected chi connectivity index (χ4v) is 4.38. The Morgan fingerprint density at radius 1 is 0.912 bits per heavy atom. The van der Waals surface area contributed by atoms with E-state index in [-0.39, 0.29) is 11.3 Å². The molecule has 1 heterocycles. The van der Waals surface area contributed by atoms with Crippen molar-refractivity contribution in [1.29, 1.82) is 0 Å². The molecule has 0 atom stereocenters. The summed E-state index contributed by atoms with van der Waals surface area (Å²) in [6, 6.07) is 25.0. The van der Waals surface area contributed by atoms with Crippen LogP contribution in [0.15, 0.2) is 84.3 Å². The van der Waals surface area contributed by atoms with Crippen LogP contribution in [0.1, 0.15) is 43.0 Å². The smallest absolute Gasteiger partial charge is 0.244 e. The molecule has 4 rings (SSSR count). The summed E-state index contributed by atoms with van der Waals surface area (Å²) in [6.45, 7) is 9.15. The Morgan fingerprint density at radius 2 is 1.56 bits per heavy atom. The molecular formula is C30H30N2OS. The molecule has 4 heteroatoms. The second-order valence-electron chi connectivity index (χ2n) is 9.52. The maximum atomic E-state index is 12.3. The number of thiazole rings is 1. The molecule has 172 valence electrons. The monoisotopic (exact) mass is 466 g/mol. The van der Waals surface area contributed by atoms with E-state index in [1.807, 2.05) is 30.3 Å². The van der Waals surface area contributed by atoms with Gasteiger partial charge in [0, 0.05) is 29.1 Å². The average molecular weight is 467 g/mol. The number of amides is 1. The van der Waals surface area contributed by atoms with Crippen molar-refractivity contribution in [3.63, 3.8) is 0 Å². The summed E-state index contributed by atoms with van der Waals surface area (Å²) < 4.78 is 0. The van der Waals surface area contributed by atoms with E-state index in [9.17, 15) is 4.79 Å². The van der Waals surface area contributed by atoms with E-state index < -0.39 is 0 Å². The first kappa shape index (κ1) is 23.7. The Labute approximate surface area is 206 Å². The van der Waals surface area contributed by atoms with Crippen LogP contribution >= 0.6 is 11.3 Å². The first-order chi connectivity index (χ1) is 16.3. The van der Waals surface area contributed by atoms with E-state index in [4.69, 9.17) is 4.98 Å². The third-order valence-corrected chi connectivity index (χ3v) is 6.61. The topological polar surface area (TPSA) is 42.0 Å². The second kappa shape index (κ2) is 10.2. The van der Waals surface area contributed by atoms with Gasteiger partial charge in [-0.2, -0.15) is 0 Å². The highest BCUT2D eigenvalue weighted by molar-refractivity contribution is 7.13. The number of nitrogens with one attached hydrogen (secondary N) is 1. The molecule has 3 nitrogen and oxygen atoms in total. The van der Waals surface area contributed by atoms with Crippen LogP contribution in [0.2, 0.25) is 0 Å². The Balaban J connectivity index is 1.32. The fourth-order valence-electron chi connectivity index (χ4n) is 3.54. The summed E-state index contributed by atoms with van der Waals surface area (Å²) in [5.74, 6) is -0.105. The van der Waals surface area contributed by atoms with Crippen molar-refractivity contribution in [2.24, 2.45) is 0 Å².